The van der Waals surface area contributed by atoms with Crippen LogP contribution in [0.4, 0.5) is 0 Å². The Labute approximate surface area is 164 Å². The maximum atomic E-state index is 11.6. The fourth-order valence-electron chi connectivity index (χ4n) is 2.87. The molecule has 0 spiro atoms. The highest BCUT2D eigenvalue weighted by Crippen LogP contribution is 2.09. The molecular weight excluding hydrogens is 340 g/mol. The van der Waals surface area contributed by atoms with Crippen LogP contribution in [0.3, 0.4) is 0 Å². The SMILES string of the molecule is CCCCCCCC(=O)OC(=O)CCCCCCCOCc1ccccc1. The van der Waals surface area contributed by atoms with Gasteiger partial charge in [0.25, 0.3) is 0 Å². The van der Waals surface area contributed by atoms with Crippen LogP contribution in [0.2, 0.25) is 0 Å². The van der Waals surface area contributed by atoms with Crippen molar-refractivity contribution in [1.29, 1.82) is 0 Å². The van der Waals surface area contributed by atoms with Crippen molar-refractivity contribution in [1.82, 2.24) is 0 Å². The van der Waals surface area contributed by atoms with Gasteiger partial charge in [0.1, 0.15) is 0 Å². The molecule has 1 rings (SSSR count). The number of unbranched alkanes of at least 4 members (excludes halogenated alkanes) is 8. The predicted molar refractivity (Wildman–Crippen MR) is 108 cm³/mol. The summed E-state index contributed by atoms with van der Waals surface area (Å²) in [5.41, 5.74) is 1.20. The van der Waals surface area contributed by atoms with Crippen LogP contribution in [0.25, 0.3) is 0 Å². The van der Waals surface area contributed by atoms with Crippen molar-refractivity contribution < 1.29 is 19.1 Å². The molecule has 0 N–H and O–H groups in total. The van der Waals surface area contributed by atoms with E-state index in [2.05, 4.69) is 19.1 Å². The third kappa shape index (κ3) is 14.1. The van der Waals surface area contributed by atoms with E-state index in [9.17, 15) is 9.59 Å². The van der Waals surface area contributed by atoms with E-state index in [0.29, 0.717) is 19.4 Å². The van der Waals surface area contributed by atoms with Crippen LogP contribution >= 0.6 is 0 Å². The highest BCUT2D eigenvalue weighted by atomic mass is 16.6. The lowest BCUT2D eigenvalue weighted by Gasteiger charge is -2.05. The van der Waals surface area contributed by atoms with Crippen molar-refractivity contribution in [2.45, 2.75) is 90.6 Å². The third-order valence-corrected chi connectivity index (χ3v) is 4.49. The number of carbonyl (C=O) groups is 2. The van der Waals surface area contributed by atoms with E-state index in [-0.39, 0.29) is 11.9 Å². The number of hydrogen-bond acceptors (Lipinski definition) is 4. The maximum Gasteiger partial charge on any atom is 0.313 e. The first kappa shape index (κ1) is 23.4. The Bertz CT molecular complexity index is 498. The molecule has 0 radical (unpaired) electrons. The Kier molecular flexibility index (Phi) is 14.3. The van der Waals surface area contributed by atoms with Gasteiger partial charge in [-0.25, -0.2) is 0 Å². The van der Waals surface area contributed by atoms with Crippen LogP contribution in [-0.2, 0) is 25.7 Å². The van der Waals surface area contributed by atoms with Gasteiger partial charge in [-0.15, -0.1) is 0 Å². The number of rotatable bonds is 16. The fraction of sp³-hybridized carbons (Fsp3) is 0.652. The van der Waals surface area contributed by atoms with Crippen molar-refractivity contribution in [2.24, 2.45) is 0 Å². The minimum atomic E-state index is -0.375. The Balaban J connectivity index is 1.86. The number of carbonyl (C=O) groups excluding carboxylic acids is 2. The molecule has 4 heteroatoms. The summed E-state index contributed by atoms with van der Waals surface area (Å²) in [7, 11) is 0. The average Bonchev–Trinajstić information content (AvgIpc) is 2.67. The van der Waals surface area contributed by atoms with E-state index < -0.39 is 0 Å². The van der Waals surface area contributed by atoms with Gasteiger partial charge in [0.15, 0.2) is 0 Å². The van der Waals surface area contributed by atoms with Gasteiger partial charge in [-0.05, 0) is 24.8 Å². The lowest BCUT2D eigenvalue weighted by molar-refractivity contribution is -0.159. The third-order valence-electron chi connectivity index (χ3n) is 4.49. The second-order valence-corrected chi connectivity index (χ2v) is 7.07. The van der Waals surface area contributed by atoms with Gasteiger partial charge in [-0.3, -0.25) is 9.59 Å². The molecule has 0 saturated heterocycles. The molecule has 152 valence electrons. The van der Waals surface area contributed by atoms with E-state index in [0.717, 1.165) is 58.0 Å². The van der Waals surface area contributed by atoms with Crippen LogP contribution in [-0.4, -0.2) is 18.5 Å². The minimum Gasteiger partial charge on any atom is -0.393 e. The first-order chi connectivity index (χ1) is 13.2. The number of benzene rings is 1. The van der Waals surface area contributed by atoms with Gasteiger partial charge in [-0.2, -0.15) is 0 Å². The van der Waals surface area contributed by atoms with Gasteiger partial charge >= 0.3 is 11.9 Å². The summed E-state index contributed by atoms with van der Waals surface area (Å²) < 4.78 is 10.5. The lowest BCUT2D eigenvalue weighted by atomic mass is 10.1. The van der Waals surface area contributed by atoms with Crippen molar-refractivity contribution in [3.63, 3.8) is 0 Å². The van der Waals surface area contributed by atoms with Gasteiger partial charge in [0.2, 0.25) is 0 Å². The summed E-state index contributed by atoms with van der Waals surface area (Å²) in [5, 5.41) is 0. The molecule has 0 bridgehead atoms. The molecule has 27 heavy (non-hydrogen) atoms. The van der Waals surface area contributed by atoms with Gasteiger partial charge in [0.05, 0.1) is 6.61 Å². The number of ether oxygens (including phenoxy) is 2. The number of esters is 2. The van der Waals surface area contributed by atoms with Crippen molar-refractivity contribution >= 4 is 11.9 Å². The molecular formula is C23H36O4. The largest absolute Gasteiger partial charge is 0.393 e. The molecule has 1 aromatic carbocycles. The van der Waals surface area contributed by atoms with E-state index in [1.165, 1.54) is 18.4 Å². The zero-order valence-electron chi connectivity index (χ0n) is 16.9. The van der Waals surface area contributed by atoms with Crippen LogP contribution in [0.1, 0.15) is 89.5 Å². The summed E-state index contributed by atoms with van der Waals surface area (Å²) in [4.78, 5) is 23.2. The lowest BCUT2D eigenvalue weighted by Crippen LogP contribution is -2.11. The summed E-state index contributed by atoms with van der Waals surface area (Å²) >= 11 is 0. The second kappa shape index (κ2) is 16.5. The molecule has 0 amide bonds. The van der Waals surface area contributed by atoms with Crippen molar-refractivity contribution in [2.75, 3.05) is 6.61 Å². The van der Waals surface area contributed by atoms with E-state index in [1.54, 1.807) is 0 Å². The number of hydrogen-bond donors (Lipinski definition) is 0. The van der Waals surface area contributed by atoms with Gasteiger partial charge in [0, 0.05) is 19.4 Å². The highest BCUT2D eigenvalue weighted by molar-refractivity contribution is 5.85. The molecule has 4 nitrogen and oxygen atoms in total. The van der Waals surface area contributed by atoms with E-state index in [4.69, 9.17) is 9.47 Å². The molecule has 0 aliphatic carbocycles. The monoisotopic (exact) mass is 376 g/mol. The molecule has 1 aromatic rings. The van der Waals surface area contributed by atoms with Crippen LogP contribution in [0.5, 0.6) is 0 Å². The van der Waals surface area contributed by atoms with Crippen LogP contribution < -0.4 is 0 Å². The maximum absolute atomic E-state index is 11.6. The van der Waals surface area contributed by atoms with Crippen LogP contribution in [0, 0.1) is 0 Å². The Morgan fingerprint density at radius 1 is 0.741 bits per heavy atom. The minimum absolute atomic E-state index is 0.339. The quantitative estimate of drug-likeness (QED) is 0.202. The smallest absolute Gasteiger partial charge is 0.313 e. The van der Waals surface area contributed by atoms with Crippen LogP contribution in [0.15, 0.2) is 30.3 Å². The van der Waals surface area contributed by atoms with Gasteiger partial charge in [-0.1, -0.05) is 82.2 Å². The van der Waals surface area contributed by atoms with Crippen molar-refractivity contribution in [3.8, 4) is 0 Å². The normalized spacial score (nSPS) is 10.7. The molecule has 0 fully saturated rings. The molecule has 0 saturated carbocycles. The fourth-order valence-corrected chi connectivity index (χ4v) is 2.87. The summed E-state index contributed by atoms with van der Waals surface area (Å²) in [5.74, 6) is -0.744. The Hall–Kier alpha value is -1.68. The predicted octanol–water partition coefficient (Wildman–Crippen LogP) is 5.97. The molecule has 0 unspecified atom stereocenters. The molecule has 0 heterocycles. The zero-order valence-corrected chi connectivity index (χ0v) is 16.9. The molecule has 0 aliphatic heterocycles. The first-order valence-electron chi connectivity index (χ1n) is 10.6. The van der Waals surface area contributed by atoms with E-state index >= 15 is 0 Å². The standard InChI is InChI=1S/C23H36O4/c1-2-3-4-6-12-17-22(24)27-23(25)18-13-7-5-8-14-19-26-20-21-15-10-9-11-16-21/h9-11,15-16H,2-8,12-14,17-20H2,1H3. The topological polar surface area (TPSA) is 52.6 Å². The second-order valence-electron chi connectivity index (χ2n) is 7.07. The first-order valence-corrected chi connectivity index (χ1v) is 10.6. The Morgan fingerprint density at radius 3 is 1.93 bits per heavy atom. The molecule has 0 aliphatic rings. The molecule has 0 aromatic heterocycles. The van der Waals surface area contributed by atoms with E-state index in [1.807, 2.05) is 18.2 Å². The summed E-state index contributed by atoms with van der Waals surface area (Å²) in [6.07, 6.45) is 11.1. The average molecular weight is 377 g/mol. The Morgan fingerprint density at radius 2 is 1.30 bits per heavy atom. The summed E-state index contributed by atoms with van der Waals surface area (Å²) in [6, 6.07) is 10.2. The molecule has 0 atom stereocenters. The highest BCUT2D eigenvalue weighted by Gasteiger charge is 2.09. The van der Waals surface area contributed by atoms with Crippen molar-refractivity contribution in [3.05, 3.63) is 35.9 Å². The van der Waals surface area contributed by atoms with Gasteiger partial charge < -0.3 is 9.47 Å². The zero-order chi connectivity index (χ0) is 19.6. The summed E-state index contributed by atoms with van der Waals surface area (Å²) in [6.45, 7) is 3.59.